The fourth-order valence-corrected chi connectivity index (χ4v) is 1.41. The fourth-order valence-electron chi connectivity index (χ4n) is 1.41. The van der Waals surface area contributed by atoms with E-state index in [4.69, 9.17) is 5.11 Å². The van der Waals surface area contributed by atoms with Crippen molar-refractivity contribution in [1.29, 1.82) is 0 Å². The molecule has 4 heteroatoms. The molecule has 0 aromatic carbocycles. The second-order valence-electron chi connectivity index (χ2n) is 4.65. The first-order valence-electron chi connectivity index (χ1n) is 6.25. The molecule has 0 aliphatic carbocycles. The molecule has 0 aliphatic rings. The minimum Gasteiger partial charge on any atom is -0.380 e. The van der Waals surface area contributed by atoms with Crippen molar-refractivity contribution in [1.82, 2.24) is 0 Å². The Hall–Kier alpha value is -0.510. The zero-order valence-electron chi connectivity index (χ0n) is 10.7. The van der Waals surface area contributed by atoms with E-state index in [1.807, 2.05) is 0 Å². The van der Waals surface area contributed by atoms with Crippen LogP contribution >= 0.6 is 0 Å². The van der Waals surface area contributed by atoms with Gasteiger partial charge in [0.15, 0.2) is 5.60 Å². The maximum absolute atomic E-state index is 12.3. The first-order valence-corrected chi connectivity index (χ1v) is 6.25. The van der Waals surface area contributed by atoms with Crippen LogP contribution in [0.15, 0.2) is 12.2 Å². The average molecular weight is 252 g/mol. The van der Waals surface area contributed by atoms with Crippen LogP contribution in [0.3, 0.4) is 0 Å². The first kappa shape index (κ1) is 16.5. The highest BCUT2D eigenvalue weighted by atomic mass is 19.4. The predicted molar refractivity (Wildman–Crippen MR) is 63.8 cm³/mol. The zero-order chi connectivity index (χ0) is 13.4. The quantitative estimate of drug-likeness (QED) is 0.494. The second kappa shape index (κ2) is 7.75. The number of hydrogen-bond donors (Lipinski definition) is 1. The van der Waals surface area contributed by atoms with Gasteiger partial charge in [0, 0.05) is 6.42 Å². The van der Waals surface area contributed by atoms with E-state index in [1.54, 1.807) is 6.08 Å². The lowest BCUT2D eigenvalue weighted by molar-refractivity contribution is -0.251. The molecule has 0 fully saturated rings. The number of allylic oxidation sites excluding steroid dienone is 1. The lowest BCUT2D eigenvalue weighted by Gasteiger charge is -2.24. The van der Waals surface area contributed by atoms with Crippen LogP contribution in [0.2, 0.25) is 0 Å². The van der Waals surface area contributed by atoms with Gasteiger partial charge in [0.1, 0.15) is 0 Å². The molecule has 102 valence electrons. The molecular weight excluding hydrogens is 229 g/mol. The highest BCUT2D eigenvalue weighted by molar-refractivity contribution is 4.93. The second-order valence-corrected chi connectivity index (χ2v) is 4.65. The van der Waals surface area contributed by atoms with Gasteiger partial charge < -0.3 is 5.11 Å². The van der Waals surface area contributed by atoms with Crippen LogP contribution in [-0.2, 0) is 0 Å². The van der Waals surface area contributed by atoms with Crippen LogP contribution in [0.4, 0.5) is 13.2 Å². The number of halogens is 3. The van der Waals surface area contributed by atoms with Gasteiger partial charge in [-0.05, 0) is 19.8 Å². The fraction of sp³-hybridized carbons (Fsp3) is 0.846. The highest BCUT2D eigenvalue weighted by Gasteiger charge is 2.48. The van der Waals surface area contributed by atoms with Crippen molar-refractivity contribution in [3.8, 4) is 0 Å². The van der Waals surface area contributed by atoms with Gasteiger partial charge in [-0.25, -0.2) is 0 Å². The van der Waals surface area contributed by atoms with Gasteiger partial charge >= 0.3 is 6.18 Å². The number of aliphatic hydroxyl groups is 1. The van der Waals surface area contributed by atoms with Crippen molar-refractivity contribution < 1.29 is 18.3 Å². The van der Waals surface area contributed by atoms with Crippen molar-refractivity contribution >= 4 is 0 Å². The molecule has 17 heavy (non-hydrogen) atoms. The van der Waals surface area contributed by atoms with E-state index in [0.29, 0.717) is 0 Å². The molecule has 0 saturated carbocycles. The molecule has 1 nitrogen and oxygen atoms in total. The molecule has 0 rings (SSSR count). The van der Waals surface area contributed by atoms with E-state index >= 15 is 0 Å². The molecule has 1 atom stereocenters. The van der Waals surface area contributed by atoms with Gasteiger partial charge in [0.25, 0.3) is 0 Å². The van der Waals surface area contributed by atoms with Crippen molar-refractivity contribution in [2.45, 2.75) is 70.6 Å². The summed E-state index contributed by atoms with van der Waals surface area (Å²) in [6.45, 7) is 2.94. The summed E-state index contributed by atoms with van der Waals surface area (Å²) < 4.78 is 36.8. The van der Waals surface area contributed by atoms with Crippen molar-refractivity contribution in [2.24, 2.45) is 0 Å². The number of alkyl halides is 3. The van der Waals surface area contributed by atoms with Crippen LogP contribution in [0.25, 0.3) is 0 Å². The Balaban J connectivity index is 3.67. The standard InChI is InChI=1S/C13H23F3O/c1-3-4-5-6-7-8-9-10-11-12(2,17)13(14,15)16/h9-10,17H,3-8,11H2,1-2H3/b10-9+. The maximum Gasteiger partial charge on any atom is 0.417 e. The molecule has 0 aromatic heterocycles. The third kappa shape index (κ3) is 7.42. The minimum absolute atomic E-state index is 0.370. The molecule has 0 radical (unpaired) electrons. The van der Waals surface area contributed by atoms with E-state index in [-0.39, 0.29) is 6.42 Å². The molecule has 0 spiro atoms. The first-order chi connectivity index (χ1) is 7.81. The van der Waals surface area contributed by atoms with E-state index < -0.39 is 11.8 Å². The van der Waals surface area contributed by atoms with Gasteiger partial charge in [-0.3, -0.25) is 0 Å². The highest BCUT2D eigenvalue weighted by Crippen LogP contribution is 2.32. The summed E-state index contributed by atoms with van der Waals surface area (Å²) in [5.74, 6) is 0. The number of unbranched alkanes of at least 4 members (excludes halogenated alkanes) is 5. The summed E-state index contributed by atoms with van der Waals surface area (Å²) in [6.07, 6.45) is 4.72. The Bertz CT molecular complexity index is 219. The van der Waals surface area contributed by atoms with Crippen LogP contribution in [0, 0.1) is 0 Å². The van der Waals surface area contributed by atoms with Gasteiger partial charge in [-0.15, -0.1) is 0 Å². The number of rotatable bonds is 8. The third-order valence-electron chi connectivity index (χ3n) is 2.77. The Kier molecular flexibility index (Phi) is 7.51. The van der Waals surface area contributed by atoms with Crippen LogP contribution < -0.4 is 0 Å². The van der Waals surface area contributed by atoms with Crippen LogP contribution in [0.5, 0.6) is 0 Å². The number of hydrogen-bond acceptors (Lipinski definition) is 1. The lowest BCUT2D eigenvalue weighted by Crippen LogP contribution is -2.41. The summed E-state index contributed by atoms with van der Waals surface area (Å²) in [7, 11) is 0. The molecule has 0 aliphatic heterocycles. The Morgan fingerprint density at radius 2 is 1.59 bits per heavy atom. The van der Waals surface area contributed by atoms with Crippen molar-refractivity contribution in [2.75, 3.05) is 0 Å². The summed E-state index contributed by atoms with van der Waals surface area (Å²) in [6, 6.07) is 0. The zero-order valence-corrected chi connectivity index (χ0v) is 10.7. The topological polar surface area (TPSA) is 20.2 Å². The molecule has 0 amide bonds. The van der Waals surface area contributed by atoms with Crippen LogP contribution in [-0.4, -0.2) is 16.9 Å². The largest absolute Gasteiger partial charge is 0.417 e. The van der Waals surface area contributed by atoms with Gasteiger partial charge in [-0.1, -0.05) is 44.8 Å². The summed E-state index contributed by atoms with van der Waals surface area (Å²) >= 11 is 0. The lowest BCUT2D eigenvalue weighted by atomic mass is 10.0. The Morgan fingerprint density at radius 1 is 1.00 bits per heavy atom. The smallest absolute Gasteiger partial charge is 0.380 e. The Morgan fingerprint density at radius 3 is 2.12 bits per heavy atom. The maximum atomic E-state index is 12.3. The van der Waals surface area contributed by atoms with Crippen LogP contribution in [0.1, 0.15) is 58.8 Å². The monoisotopic (exact) mass is 252 g/mol. The van der Waals surface area contributed by atoms with E-state index in [2.05, 4.69) is 6.92 Å². The molecular formula is C13H23F3O. The van der Waals surface area contributed by atoms with Crippen molar-refractivity contribution in [3.63, 3.8) is 0 Å². The Labute approximate surface area is 102 Å². The minimum atomic E-state index is -4.56. The van der Waals surface area contributed by atoms with Gasteiger partial charge in [0.05, 0.1) is 0 Å². The molecule has 0 aromatic rings. The van der Waals surface area contributed by atoms with Gasteiger partial charge in [0.2, 0.25) is 0 Å². The average Bonchev–Trinajstić information content (AvgIpc) is 2.20. The third-order valence-corrected chi connectivity index (χ3v) is 2.77. The summed E-state index contributed by atoms with van der Waals surface area (Å²) in [5.41, 5.74) is -2.61. The summed E-state index contributed by atoms with van der Waals surface area (Å²) in [5, 5.41) is 9.15. The van der Waals surface area contributed by atoms with Crippen molar-refractivity contribution in [3.05, 3.63) is 12.2 Å². The summed E-state index contributed by atoms with van der Waals surface area (Å²) in [4.78, 5) is 0. The normalized spacial score (nSPS) is 16.4. The molecule has 0 saturated heterocycles. The predicted octanol–water partition coefficient (Wildman–Crippen LogP) is 4.61. The van der Waals surface area contributed by atoms with E-state index in [9.17, 15) is 13.2 Å². The van der Waals surface area contributed by atoms with E-state index in [0.717, 1.165) is 26.2 Å². The molecule has 1 N–H and O–H groups in total. The van der Waals surface area contributed by atoms with E-state index in [1.165, 1.54) is 25.3 Å². The van der Waals surface area contributed by atoms with Gasteiger partial charge in [-0.2, -0.15) is 13.2 Å². The molecule has 0 bridgehead atoms. The SMILES string of the molecule is CCCCCCC/C=C/CC(C)(O)C(F)(F)F. The molecule has 1 unspecified atom stereocenters. The molecule has 0 heterocycles.